The van der Waals surface area contributed by atoms with Crippen LogP contribution >= 0.6 is 0 Å². The van der Waals surface area contributed by atoms with Gasteiger partial charge in [0.2, 0.25) is 5.91 Å². The van der Waals surface area contributed by atoms with Crippen molar-refractivity contribution in [3.63, 3.8) is 0 Å². The summed E-state index contributed by atoms with van der Waals surface area (Å²) >= 11 is 0. The van der Waals surface area contributed by atoms with Gasteiger partial charge in [0.25, 0.3) is 0 Å². The Kier molecular flexibility index (Phi) is 3.72. The average Bonchev–Trinajstić information content (AvgIpc) is 2.70. The van der Waals surface area contributed by atoms with Crippen LogP contribution in [0.5, 0.6) is 0 Å². The molecule has 1 aliphatic carbocycles. The van der Waals surface area contributed by atoms with Crippen LogP contribution in [0.25, 0.3) is 0 Å². The van der Waals surface area contributed by atoms with Crippen LogP contribution in [0.3, 0.4) is 0 Å². The normalized spacial score (nSPS) is 27.8. The summed E-state index contributed by atoms with van der Waals surface area (Å²) in [5.41, 5.74) is 9.48. The van der Waals surface area contributed by atoms with Crippen molar-refractivity contribution in [3.05, 3.63) is 12.7 Å². The van der Waals surface area contributed by atoms with Crippen LogP contribution in [0.15, 0.2) is 12.7 Å². The molecule has 10 heavy (non-hydrogen) atoms. The Morgan fingerprint density at radius 2 is 2.20 bits per heavy atom. The SMILES string of the molecule is C=CC1CC1C(N)=O.CN. The van der Waals surface area contributed by atoms with E-state index in [1.807, 2.05) is 0 Å². The molecule has 0 radical (unpaired) electrons. The molecule has 58 valence electrons. The van der Waals surface area contributed by atoms with E-state index in [-0.39, 0.29) is 11.8 Å². The maximum Gasteiger partial charge on any atom is 0.221 e. The van der Waals surface area contributed by atoms with E-state index in [1.54, 1.807) is 6.08 Å². The molecule has 1 fully saturated rings. The molecule has 0 bridgehead atoms. The van der Waals surface area contributed by atoms with Crippen LogP contribution in [-0.4, -0.2) is 13.0 Å². The number of nitrogens with two attached hydrogens (primary N) is 2. The minimum Gasteiger partial charge on any atom is -0.369 e. The molecule has 0 aromatic rings. The zero-order valence-electron chi connectivity index (χ0n) is 6.21. The Morgan fingerprint density at radius 1 is 1.70 bits per heavy atom. The number of hydrogen-bond donors (Lipinski definition) is 2. The van der Waals surface area contributed by atoms with Gasteiger partial charge in [0, 0.05) is 5.92 Å². The molecule has 0 spiro atoms. The number of primary amides is 1. The fourth-order valence-corrected chi connectivity index (χ4v) is 0.802. The number of rotatable bonds is 2. The van der Waals surface area contributed by atoms with E-state index in [1.165, 1.54) is 7.05 Å². The maximum absolute atomic E-state index is 10.3. The van der Waals surface area contributed by atoms with Gasteiger partial charge in [-0.3, -0.25) is 4.79 Å². The standard InChI is InChI=1S/C6H9NO.CH5N/c1-2-4-3-5(4)6(7)8;1-2/h2,4-5H,1,3H2,(H2,7,8);2H2,1H3. The van der Waals surface area contributed by atoms with Crippen molar-refractivity contribution < 1.29 is 4.79 Å². The summed E-state index contributed by atoms with van der Waals surface area (Å²) < 4.78 is 0. The third-order valence-corrected chi connectivity index (χ3v) is 1.51. The van der Waals surface area contributed by atoms with Crippen LogP contribution in [0.2, 0.25) is 0 Å². The van der Waals surface area contributed by atoms with Gasteiger partial charge in [0.1, 0.15) is 0 Å². The van der Waals surface area contributed by atoms with E-state index in [0.29, 0.717) is 5.92 Å². The molecule has 2 unspecified atom stereocenters. The molecular weight excluding hydrogens is 128 g/mol. The Bertz CT molecular complexity index is 134. The van der Waals surface area contributed by atoms with E-state index in [0.717, 1.165) is 6.42 Å². The van der Waals surface area contributed by atoms with Crippen LogP contribution in [0.1, 0.15) is 6.42 Å². The molecule has 2 atom stereocenters. The van der Waals surface area contributed by atoms with E-state index >= 15 is 0 Å². The lowest BCUT2D eigenvalue weighted by atomic mass is 10.3. The Balaban J connectivity index is 0.000000371. The Labute approximate surface area is 61.1 Å². The summed E-state index contributed by atoms with van der Waals surface area (Å²) in [5.74, 6) is 0.301. The van der Waals surface area contributed by atoms with Crippen molar-refractivity contribution in [1.29, 1.82) is 0 Å². The smallest absolute Gasteiger partial charge is 0.221 e. The second-order valence-electron chi connectivity index (χ2n) is 2.14. The van der Waals surface area contributed by atoms with Gasteiger partial charge in [0.15, 0.2) is 0 Å². The van der Waals surface area contributed by atoms with Gasteiger partial charge in [-0.1, -0.05) is 6.08 Å². The van der Waals surface area contributed by atoms with Crippen LogP contribution in [0, 0.1) is 11.8 Å². The first-order chi connectivity index (χ1) is 4.75. The van der Waals surface area contributed by atoms with Crippen molar-refractivity contribution in [1.82, 2.24) is 0 Å². The molecule has 1 saturated carbocycles. The molecule has 0 aromatic heterocycles. The van der Waals surface area contributed by atoms with E-state index in [9.17, 15) is 4.79 Å². The van der Waals surface area contributed by atoms with Crippen molar-refractivity contribution in [2.75, 3.05) is 7.05 Å². The summed E-state index contributed by atoms with van der Waals surface area (Å²) in [7, 11) is 1.50. The topological polar surface area (TPSA) is 69.1 Å². The number of amides is 1. The van der Waals surface area contributed by atoms with E-state index in [2.05, 4.69) is 12.3 Å². The fraction of sp³-hybridized carbons (Fsp3) is 0.571. The third-order valence-electron chi connectivity index (χ3n) is 1.51. The maximum atomic E-state index is 10.3. The first kappa shape index (κ1) is 9.17. The van der Waals surface area contributed by atoms with Gasteiger partial charge in [-0.2, -0.15) is 0 Å². The molecule has 3 heteroatoms. The lowest BCUT2D eigenvalue weighted by Crippen LogP contribution is -2.13. The van der Waals surface area contributed by atoms with Crippen LogP contribution in [-0.2, 0) is 4.79 Å². The van der Waals surface area contributed by atoms with Crippen molar-refractivity contribution in [3.8, 4) is 0 Å². The van der Waals surface area contributed by atoms with Gasteiger partial charge in [-0.05, 0) is 19.4 Å². The summed E-state index contributed by atoms with van der Waals surface area (Å²) in [4.78, 5) is 10.3. The molecule has 4 N–H and O–H groups in total. The fourth-order valence-electron chi connectivity index (χ4n) is 0.802. The summed E-state index contributed by atoms with van der Waals surface area (Å²) in [5, 5.41) is 0. The minimum atomic E-state index is -0.185. The monoisotopic (exact) mass is 142 g/mol. The van der Waals surface area contributed by atoms with Crippen LogP contribution < -0.4 is 11.5 Å². The van der Waals surface area contributed by atoms with E-state index in [4.69, 9.17) is 5.73 Å². The molecule has 0 saturated heterocycles. The summed E-state index contributed by atoms with van der Waals surface area (Å²) in [6, 6.07) is 0. The number of hydrogen-bond acceptors (Lipinski definition) is 2. The third kappa shape index (κ3) is 2.19. The molecule has 0 aliphatic heterocycles. The quantitative estimate of drug-likeness (QED) is 0.527. The zero-order chi connectivity index (χ0) is 8.15. The molecule has 1 rings (SSSR count). The molecule has 0 aromatic carbocycles. The Hall–Kier alpha value is -0.830. The zero-order valence-corrected chi connectivity index (χ0v) is 6.21. The van der Waals surface area contributed by atoms with E-state index < -0.39 is 0 Å². The van der Waals surface area contributed by atoms with Crippen molar-refractivity contribution in [2.45, 2.75) is 6.42 Å². The van der Waals surface area contributed by atoms with Gasteiger partial charge >= 0.3 is 0 Å². The second-order valence-corrected chi connectivity index (χ2v) is 2.14. The average molecular weight is 142 g/mol. The molecule has 0 heterocycles. The van der Waals surface area contributed by atoms with Gasteiger partial charge in [-0.25, -0.2) is 0 Å². The molecule has 3 nitrogen and oxygen atoms in total. The lowest BCUT2D eigenvalue weighted by Gasteiger charge is -1.82. The first-order valence-corrected chi connectivity index (χ1v) is 3.25. The minimum absolute atomic E-state index is 0.104. The van der Waals surface area contributed by atoms with Gasteiger partial charge < -0.3 is 11.5 Å². The van der Waals surface area contributed by atoms with Crippen LogP contribution in [0.4, 0.5) is 0 Å². The summed E-state index contributed by atoms with van der Waals surface area (Å²) in [6.45, 7) is 3.55. The highest BCUT2D eigenvalue weighted by Crippen LogP contribution is 2.38. The summed E-state index contributed by atoms with van der Waals surface area (Å²) in [6.07, 6.45) is 2.70. The number of allylic oxidation sites excluding steroid dienone is 1. The lowest BCUT2D eigenvalue weighted by molar-refractivity contribution is -0.119. The number of carbonyl (C=O) groups excluding carboxylic acids is 1. The predicted octanol–water partition coefficient (Wildman–Crippen LogP) is -0.131. The molecule has 1 aliphatic rings. The number of carbonyl (C=O) groups is 1. The molecular formula is C7H14N2O. The largest absolute Gasteiger partial charge is 0.369 e. The Morgan fingerprint density at radius 3 is 2.30 bits per heavy atom. The first-order valence-electron chi connectivity index (χ1n) is 3.25. The molecule has 1 amide bonds. The highest BCUT2D eigenvalue weighted by molar-refractivity contribution is 5.80. The highest BCUT2D eigenvalue weighted by Gasteiger charge is 2.38. The second kappa shape index (κ2) is 4.06. The van der Waals surface area contributed by atoms with Crippen molar-refractivity contribution in [2.24, 2.45) is 23.3 Å². The van der Waals surface area contributed by atoms with Crippen molar-refractivity contribution >= 4 is 5.91 Å². The van der Waals surface area contributed by atoms with Gasteiger partial charge in [0.05, 0.1) is 0 Å². The van der Waals surface area contributed by atoms with Gasteiger partial charge in [-0.15, -0.1) is 6.58 Å². The predicted molar refractivity (Wildman–Crippen MR) is 41.1 cm³/mol. The highest BCUT2D eigenvalue weighted by atomic mass is 16.1.